The van der Waals surface area contributed by atoms with Crippen LogP contribution in [0.3, 0.4) is 0 Å². The van der Waals surface area contributed by atoms with E-state index in [0.717, 1.165) is 5.69 Å². The maximum absolute atomic E-state index is 12.2. The van der Waals surface area contributed by atoms with Crippen molar-refractivity contribution < 1.29 is 9.53 Å². The lowest BCUT2D eigenvalue weighted by atomic mass is 9.99. The molecule has 96 valence electrons. The molecular formula is C15H14N2O2. The van der Waals surface area contributed by atoms with Crippen molar-refractivity contribution in [3.63, 3.8) is 0 Å². The number of hydrogen-bond donors (Lipinski definition) is 0. The zero-order chi connectivity index (χ0) is 12.8. The van der Waals surface area contributed by atoms with Gasteiger partial charge in [-0.25, -0.2) is 4.98 Å². The third kappa shape index (κ3) is 1.75. The van der Waals surface area contributed by atoms with Crippen molar-refractivity contribution in [2.24, 2.45) is 0 Å². The van der Waals surface area contributed by atoms with Gasteiger partial charge in [0.15, 0.2) is 5.78 Å². The van der Waals surface area contributed by atoms with Gasteiger partial charge < -0.3 is 9.30 Å². The normalized spacial score (nSPS) is 21.9. The van der Waals surface area contributed by atoms with Crippen LogP contribution in [0.4, 0.5) is 0 Å². The molecule has 0 N–H and O–H groups in total. The highest BCUT2D eigenvalue weighted by atomic mass is 16.5. The third-order valence-corrected chi connectivity index (χ3v) is 3.79. The van der Waals surface area contributed by atoms with Crippen LogP contribution in [-0.4, -0.2) is 15.3 Å². The average molecular weight is 254 g/mol. The number of carbonyl (C=O) groups is 1. The van der Waals surface area contributed by atoms with Gasteiger partial charge in [0.1, 0.15) is 11.9 Å². The number of benzene rings is 1. The predicted octanol–water partition coefficient (Wildman–Crippen LogP) is 2.92. The summed E-state index contributed by atoms with van der Waals surface area (Å²) in [6.45, 7) is 0. The van der Waals surface area contributed by atoms with Crippen molar-refractivity contribution in [1.82, 2.24) is 9.55 Å². The quantitative estimate of drug-likeness (QED) is 0.827. The van der Waals surface area contributed by atoms with Gasteiger partial charge in [-0.3, -0.25) is 4.79 Å². The molecule has 1 unspecified atom stereocenters. The topological polar surface area (TPSA) is 44.1 Å². The van der Waals surface area contributed by atoms with Gasteiger partial charge in [0.05, 0.1) is 30.2 Å². The molecule has 4 nitrogen and oxygen atoms in total. The summed E-state index contributed by atoms with van der Waals surface area (Å²) in [5.41, 5.74) is 1.71. The molecule has 2 heterocycles. The number of ether oxygens (including phenoxy) is 1. The molecule has 1 fully saturated rings. The number of hydrogen-bond acceptors (Lipinski definition) is 3. The van der Waals surface area contributed by atoms with E-state index in [1.807, 2.05) is 36.8 Å². The highest BCUT2D eigenvalue weighted by Crippen LogP contribution is 2.40. The molecule has 1 aliphatic heterocycles. The van der Waals surface area contributed by atoms with Gasteiger partial charge in [-0.05, 0) is 25.0 Å². The smallest absolute Gasteiger partial charge is 0.170 e. The first-order chi connectivity index (χ1) is 9.33. The maximum atomic E-state index is 12.2. The van der Waals surface area contributed by atoms with E-state index in [0.29, 0.717) is 23.8 Å². The van der Waals surface area contributed by atoms with E-state index < -0.39 is 0 Å². The van der Waals surface area contributed by atoms with Crippen LogP contribution < -0.4 is 4.74 Å². The molecular weight excluding hydrogens is 240 g/mol. The molecule has 0 saturated heterocycles. The largest absolute Gasteiger partial charge is 0.483 e. The zero-order valence-electron chi connectivity index (χ0n) is 10.5. The summed E-state index contributed by atoms with van der Waals surface area (Å²) in [7, 11) is 0. The summed E-state index contributed by atoms with van der Waals surface area (Å²) < 4.78 is 8.14. The molecule has 0 radical (unpaired) electrons. The Kier molecular flexibility index (Phi) is 2.24. The minimum Gasteiger partial charge on any atom is -0.483 e. The van der Waals surface area contributed by atoms with E-state index in [4.69, 9.17) is 4.74 Å². The lowest BCUT2D eigenvalue weighted by Crippen LogP contribution is -2.22. The number of nitrogens with zero attached hydrogens (tertiary/aromatic N) is 2. The summed E-state index contributed by atoms with van der Waals surface area (Å²) in [5.74, 6) is 0.836. The second-order valence-corrected chi connectivity index (χ2v) is 5.19. The van der Waals surface area contributed by atoms with Gasteiger partial charge in [0.25, 0.3) is 0 Å². The first kappa shape index (κ1) is 10.8. The van der Waals surface area contributed by atoms with Crippen LogP contribution in [0.2, 0.25) is 0 Å². The van der Waals surface area contributed by atoms with Crippen molar-refractivity contribution >= 4 is 5.78 Å². The molecule has 1 aliphatic carbocycles. The number of imidazole rings is 1. The second-order valence-electron chi connectivity index (χ2n) is 5.19. The summed E-state index contributed by atoms with van der Waals surface area (Å²) in [5, 5.41) is 0. The van der Waals surface area contributed by atoms with E-state index in [1.165, 1.54) is 12.8 Å². The van der Waals surface area contributed by atoms with Gasteiger partial charge in [-0.15, -0.1) is 0 Å². The second kappa shape index (κ2) is 3.95. The standard InChI is InChI=1S/C15H14N2O2/c18-13-7-15(19-14-4-2-1-3-11(13)14)12-8-16-9-17(12)10-5-6-10/h1-4,8-10,15H,5-7H2. The molecule has 0 bridgehead atoms. The van der Waals surface area contributed by atoms with Crippen molar-refractivity contribution in [1.29, 1.82) is 0 Å². The van der Waals surface area contributed by atoms with Gasteiger partial charge in [0, 0.05) is 6.04 Å². The molecule has 1 atom stereocenters. The summed E-state index contributed by atoms with van der Waals surface area (Å²) in [6.07, 6.45) is 6.26. The molecule has 4 heteroatoms. The predicted molar refractivity (Wildman–Crippen MR) is 69.3 cm³/mol. The summed E-state index contributed by atoms with van der Waals surface area (Å²) in [6, 6.07) is 8.00. The maximum Gasteiger partial charge on any atom is 0.170 e. The lowest BCUT2D eigenvalue weighted by Gasteiger charge is -2.25. The molecule has 0 spiro atoms. The van der Waals surface area contributed by atoms with Crippen molar-refractivity contribution in [3.05, 3.63) is 48.0 Å². The van der Waals surface area contributed by atoms with Crippen LogP contribution in [0.5, 0.6) is 5.75 Å². The first-order valence-corrected chi connectivity index (χ1v) is 6.63. The van der Waals surface area contributed by atoms with E-state index in [-0.39, 0.29) is 11.9 Å². The Morgan fingerprint density at radius 1 is 1.26 bits per heavy atom. The average Bonchev–Trinajstić information content (AvgIpc) is 3.16. The van der Waals surface area contributed by atoms with Crippen LogP contribution in [-0.2, 0) is 0 Å². The monoisotopic (exact) mass is 254 g/mol. The minimum absolute atomic E-state index is 0.149. The Morgan fingerprint density at radius 3 is 2.95 bits per heavy atom. The number of para-hydroxylation sites is 1. The highest BCUT2D eigenvalue weighted by Gasteiger charge is 2.33. The fourth-order valence-electron chi connectivity index (χ4n) is 2.66. The Balaban J connectivity index is 1.71. The molecule has 0 amide bonds. The van der Waals surface area contributed by atoms with Crippen molar-refractivity contribution in [3.8, 4) is 5.75 Å². The minimum atomic E-state index is -0.203. The van der Waals surface area contributed by atoms with E-state index >= 15 is 0 Å². The number of ketones is 1. The summed E-state index contributed by atoms with van der Waals surface area (Å²) in [4.78, 5) is 16.4. The molecule has 1 aromatic carbocycles. The van der Waals surface area contributed by atoms with Gasteiger partial charge >= 0.3 is 0 Å². The fraction of sp³-hybridized carbons (Fsp3) is 0.333. The van der Waals surface area contributed by atoms with Crippen LogP contribution in [0, 0.1) is 0 Å². The van der Waals surface area contributed by atoms with Gasteiger partial charge in [0.2, 0.25) is 0 Å². The van der Waals surface area contributed by atoms with Crippen LogP contribution in [0.25, 0.3) is 0 Å². The van der Waals surface area contributed by atoms with Gasteiger partial charge in [-0.1, -0.05) is 12.1 Å². The van der Waals surface area contributed by atoms with Crippen LogP contribution in [0.1, 0.15) is 47.5 Å². The zero-order valence-corrected chi connectivity index (χ0v) is 10.5. The van der Waals surface area contributed by atoms with Crippen molar-refractivity contribution in [2.45, 2.75) is 31.4 Å². The van der Waals surface area contributed by atoms with Crippen LogP contribution in [0.15, 0.2) is 36.8 Å². The molecule has 4 rings (SSSR count). The Bertz CT molecular complexity index is 643. The first-order valence-electron chi connectivity index (χ1n) is 6.63. The Morgan fingerprint density at radius 2 is 2.11 bits per heavy atom. The number of Topliss-reactive ketones (excluding diaryl/α,β-unsaturated/α-hetero) is 1. The molecule has 1 aromatic heterocycles. The Hall–Kier alpha value is -2.10. The molecule has 1 saturated carbocycles. The molecule has 19 heavy (non-hydrogen) atoms. The van der Waals surface area contributed by atoms with E-state index in [9.17, 15) is 4.79 Å². The van der Waals surface area contributed by atoms with Gasteiger partial charge in [-0.2, -0.15) is 0 Å². The summed E-state index contributed by atoms with van der Waals surface area (Å²) >= 11 is 0. The SMILES string of the molecule is O=C1CC(c2cncn2C2CC2)Oc2ccccc21. The highest BCUT2D eigenvalue weighted by molar-refractivity contribution is 5.99. The molecule has 2 aliphatic rings. The fourth-order valence-corrected chi connectivity index (χ4v) is 2.66. The Labute approximate surface area is 111 Å². The number of fused-ring (bicyclic) bond motifs is 1. The third-order valence-electron chi connectivity index (χ3n) is 3.79. The van der Waals surface area contributed by atoms with Crippen LogP contribution >= 0.6 is 0 Å². The number of rotatable bonds is 2. The number of aromatic nitrogens is 2. The van der Waals surface area contributed by atoms with Crippen molar-refractivity contribution in [2.75, 3.05) is 0 Å². The lowest BCUT2D eigenvalue weighted by molar-refractivity contribution is 0.0839. The number of carbonyl (C=O) groups excluding carboxylic acids is 1. The molecule has 2 aromatic rings. The van der Waals surface area contributed by atoms with E-state index in [2.05, 4.69) is 9.55 Å². The van der Waals surface area contributed by atoms with E-state index in [1.54, 1.807) is 0 Å².